The van der Waals surface area contributed by atoms with Crippen molar-refractivity contribution >= 4 is 44.2 Å². The fraction of sp³-hybridized carbons (Fsp3) is 0.286. The van der Waals surface area contributed by atoms with Gasteiger partial charge in [-0.1, -0.05) is 11.3 Å². The third-order valence-corrected chi connectivity index (χ3v) is 5.71. The first-order valence-electron chi connectivity index (χ1n) is 9.36. The number of methoxy groups -OCH3 is 1. The lowest BCUT2D eigenvalue weighted by Gasteiger charge is -2.16. The number of amides is 2. The molecule has 1 aliphatic rings. The Hall–Kier alpha value is -3.13. The predicted molar refractivity (Wildman–Crippen MR) is 113 cm³/mol. The van der Waals surface area contributed by atoms with Crippen molar-refractivity contribution in [3.63, 3.8) is 0 Å². The lowest BCUT2D eigenvalue weighted by atomic mass is 10.1. The molecule has 1 aromatic heterocycles. The number of anilines is 2. The SMILES string of the molecule is CCOc1ccc2nc(NC(=O)C3CC(=O)N(c4ccc(OC)cc4)C3)sc2c1. The summed E-state index contributed by atoms with van der Waals surface area (Å²) in [5.41, 5.74) is 1.56. The van der Waals surface area contributed by atoms with Gasteiger partial charge in [0, 0.05) is 18.7 Å². The van der Waals surface area contributed by atoms with Crippen molar-refractivity contribution in [3.8, 4) is 11.5 Å². The lowest BCUT2D eigenvalue weighted by molar-refractivity contribution is -0.122. The van der Waals surface area contributed by atoms with Crippen LogP contribution in [0, 0.1) is 5.92 Å². The Morgan fingerprint density at radius 2 is 2.00 bits per heavy atom. The quantitative estimate of drug-likeness (QED) is 0.669. The third-order valence-electron chi connectivity index (χ3n) is 4.78. The van der Waals surface area contributed by atoms with Gasteiger partial charge in [0.05, 0.1) is 29.9 Å². The molecule has 0 saturated carbocycles. The number of fused-ring (bicyclic) bond motifs is 1. The van der Waals surface area contributed by atoms with Gasteiger partial charge in [-0.2, -0.15) is 0 Å². The van der Waals surface area contributed by atoms with Crippen molar-refractivity contribution in [1.82, 2.24) is 4.98 Å². The normalized spacial score (nSPS) is 16.3. The van der Waals surface area contributed by atoms with Gasteiger partial charge in [-0.25, -0.2) is 4.98 Å². The molecule has 2 aromatic carbocycles. The highest BCUT2D eigenvalue weighted by Crippen LogP contribution is 2.31. The summed E-state index contributed by atoms with van der Waals surface area (Å²) in [6.07, 6.45) is 0.178. The van der Waals surface area contributed by atoms with Gasteiger partial charge in [-0.05, 0) is 49.4 Å². The van der Waals surface area contributed by atoms with Gasteiger partial charge in [-0.15, -0.1) is 0 Å². The van der Waals surface area contributed by atoms with Crippen LogP contribution >= 0.6 is 11.3 Å². The fourth-order valence-corrected chi connectivity index (χ4v) is 4.21. The number of nitrogens with one attached hydrogen (secondary N) is 1. The van der Waals surface area contributed by atoms with E-state index in [0.717, 1.165) is 27.4 Å². The summed E-state index contributed by atoms with van der Waals surface area (Å²) in [6.45, 7) is 2.87. The highest BCUT2D eigenvalue weighted by atomic mass is 32.1. The molecule has 0 bridgehead atoms. The number of carbonyl (C=O) groups excluding carboxylic acids is 2. The van der Waals surface area contributed by atoms with Crippen LogP contribution in [0.25, 0.3) is 10.2 Å². The molecule has 8 heteroatoms. The van der Waals surface area contributed by atoms with E-state index >= 15 is 0 Å². The number of hydrogen-bond acceptors (Lipinski definition) is 6. The number of thiazole rings is 1. The molecule has 7 nitrogen and oxygen atoms in total. The highest BCUT2D eigenvalue weighted by Gasteiger charge is 2.35. The Bertz CT molecular complexity index is 1050. The Balaban J connectivity index is 1.44. The van der Waals surface area contributed by atoms with Crippen LogP contribution in [-0.2, 0) is 9.59 Å². The number of rotatable bonds is 6. The number of aromatic nitrogens is 1. The second kappa shape index (κ2) is 8.08. The van der Waals surface area contributed by atoms with Crippen LogP contribution < -0.4 is 19.7 Å². The molecule has 1 aliphatic heterocycles. The third kappa shape index (κ3) is 4.02. The standard InChI is InChI=1S/C21H21N3O4S/c1-3-28-16-8-9-17-18(11-16)29-21(22-17)23-20(26)13-10-19(25)24(12-13)14-4-6-15(27-2)7-5-14/h4-9,11,13H,3,10,12H2,1-2H3,(H,22,23,26). The second-order valence-corrected chi connectivity index (χ2v) is 7.70. The zero-order chi connectivity index (χ0) is 20.4. The summed E-state index contributed by atoms with van der Waals surface area (Å²) in [4.78, 5) is 31.2. The molecule has 1 unspecified atom stereocenters. The van der Waals surface area contributed by atoms with E-state index < -0.39 is 5.92 Å². The molecule has 29 heavy (non-hydrogen) atoms. The molecule has 1 fully saturated rings. The maximum Gasteiger partial charge on any atom is 0.231 e. The van der Waals surface area contributed by atoms with E-state index in [9.17, 15) is 9.59 Å². The lowest BCUT2D eigenvalue weighted by Crippen LogP contribution is -2.28. The van der Waals surface area contributed by atoms with E-state index in [4.69, 9.17) is 9.47 Å². The molecular formula is C21H21N3O4S. The second-order valence-electron chi connectivity index (χ2n) is 6.67. The van der Waals surface area contributed by atoms with Crippen molar-refractivity contribution in [2.75, 3.05) is 30.5 Å². The molecule has 1 atom stereocenters. The van der Waals surface area contributed by atoms with Crippen LogP contribution in [0.2, 0.25) is 0 Å². The van der Waals surface area contributed by atoms with Gasteiger partial charge >= 0.3 is 0 Å². The molecule has 2 amide bonds. The monoisotopic (exact) mass is 411 g/mol. The molecule has 3 aromatic rings. The molecule has 2 heterocycles. The summed E-state index contributed by atoms with van der Waals surface area (Å²) in [5.74, 6) is 0.811. The van der Waals surface area contributed by atoms with E-state index in [1.807, 2.05) is 37.3 Å². The molecule has 1 saturated heterocycles. The molecular weight excluding hydrogens is 390 g/mol. The number of benzene rings is 2. The predicted octanol–water partition coefficient (Wildman–Crippen LogP) is 3.70. The largest absolute Gasteiger partial charge is 0.497 e. The van der Waals surface area contributed by atoms with Crippen LogP contribution in [-0.4, -0.2) is 37.1 Å². The Morgan fingerprint density at radius 3 is 2.72 bits per heavy atom. The van der Waals surface area contributed by atoms with Crippen molar-refractivity contribution in [1.29, 1.82) is 0 Å². The Kier molecular flexibility index (Phi) is 5.35. The zero-order valence-corrected chi connectivity index (χ0v) is 17.0. The maximum absolute atomic E-state index is 12.7. The summed E-state index contributed by atoms with van der Waals surface area (Å²) in [6, 6.07) is 12.9. The van der Waals surface area contributed by atoms with Gasteiger partial charge in [0.25, 0.3) is 0 Å². The van der Waals surface area contributed by atoms with Gasteiger partial charge in [-0.3, -0.25) is 9.59 Å². The number of hydrogen-bond donors (Lipinski definition) is 1. The molecule has 0 aliphatic carbocycles. The van der Waals surface area contributed by atoms with Crippen molar-refractivity contribution in [3.05, 3.63) is 42.5 Å². The summed E-state index contributed by atoms with van der Waals surface area (Å²) in [5, 5.41) is 3.39. The first-order valence-corrected chi connectivity index (χ1v) is 10.2. The zero-order valence-electron chi connectivity index (χ0n) is 16.2. The van der Waals surface area contributed by atoms with Crippen molar-refractivity contribution in [2.45, 2.75) is 13.3 Å². The number of carbonyl (C=O) groups is 2. The van der Waals surface area contributed by atoms with Crippen molar-refractivity contribution in [2.24, 2.45) is 5.92 Å². The van der Waals surface area contributed by atoms with E-state index in [-0.39, 0.29) is 18.2 Å². The molecule has 150 valence electrons. The molecule has 1 N–H and O–H groups in total. The average molecular weight is 411 g/mol. The minimum atomic E-state index is -0.421. The maximum atomic E-state index is 12.7. The van der Waals surface area contributed by atoms with E-state index in [0.29, 0.717) is 18.3 Å². The minimum absolute atomic E-state index is 0.0685. The fourth-order valence-electron chi connectivity index (χ4n) is 3.32. The first kappa shape index (κ1) is 19.2. The number of nitrogens with zero attached hydrogens (tertiary/aromatic N) is 2. The van der Waals surface area contributed by atoms with E-state index in [1.54, 1.807) is 24.1 Å². The summed E-state index contributed by atoms with van der Waals surface area (Å²) < 4.78 is 11.6. The Labute approximate surface area is 172 Å². The van der Waals surface area contributed by atoms with E-state index in [2.05, 4.69) is 10.3 Å². The molecule has 4 rings (SSSR count). The summed E-state index contributed by atoms with van der Waals surface area (Å²) in [7, 11) is 1.59. The van der Waals surface area contributed by atoms with Gasteiger partial charge in [0.2, 0.25) is 11.8 Å². The van der Waals surface area contributed by atoms with Crippen LogP contribution in [0.1, 0.15) is 13.3 Å². The van der Waals surface area contributed by atoms with Crippen LogP contribution in [0.3, 0.4) is 0 Å². The average Bonchev–Trinajstić information content (AvgIpc) is 3.31. The van der Waals surface area contributed by atoms with Crippen LogP contribution in [0.5, 0.6) is 11.5 Å². The van der Waals surface area contributed by atoms with Crippen molar-refractivity contribution < 1.29 is 19.1 Å². The van der Waals surface area contributed by atoms with E-state index in [1.165, 1.54) is 11.3 Å². The highest BCUT2D eigenvalue weighted by molar-refractivity contribution is 7.22. The van der Waals surface area contributed by atoms with Gasteiger partial charge in [0.1, 0.15) is 11.5 Å². The van der Waals surface area contributed by atoms with Crippen LogP contribution in [0.15, 0.2) is 42.5 Å². The van der Waals surface area contributed by atoms with Crippen LogP contribution in [0.4, 0.5) is 10.8 Å². The topological polar surface area (TPSA) is 80.8 Å². The van der Waals surface area contributed by atoms with Gasteiger partial charge in [0.15, 0.2) is 5.13 Å². The number of ether oxygens (including phenoxy) is 2. The molecule has 0 spiro atoms. The van der Waals surface area contributed by atoms with Gasteiger partial charge < -0.3 is 19.7 Å². The smallest absolute Gasteiger partial charge is 0.231 e. The molecule has 0 radical (unpaired) electrons. The Morgan fingerprint density at radius 1 is 1.24 bits per heavy atom. The summed E-state index contributed by atoms with van der Waals surface area (Å²) >= 11 is 1.39. The first-order chi connectivity index (χ1) is 14.1. The minimum Gasteiger partial charge on any atom is -0.497 e.